The van der Waals surface area contributed by atoms with Gasteiger partial charge >= 0.3 is 6.18 Å². The molecule has 0 aliphatic carbocycles. The third kappa shape index (κ3) is 5.05. The molecule has 1 aliphatic heterocycles. The van der Waals surface area contributed by atoms with Gasteiger partial charge in [0, 0.05) is 19.2 Å². The molecule has 1 aromatic heterocycles. The molecule has 0 unspecified atom stereocenters. The fraction of sp³-hybridized carbons (Fsp3) is 0.368. The zero-order valence-electron chi connectivity index (χ0n) is 15.3. The zero-order valence-corrected chi connectivity index (χ0v) is 16.1. The van der Waals surface area contributed by atoms with Gasteiger partial charge in [-0.2, -0.15) is 22.7 Å². The van der Waals surface area contributed by atoms with Crippen molar-refractivity contribution in [3.8, 4) is 11.9 Å². The molecule has 1 aliphatic rings. The first kappa shape index (κ1) is 21.1. The molecule has 0 spiro atoms. The minimum absolute atomic E-state index is 0.0127. The van der Waals surface area contributed by atoms with Gasteiger partial charge in [-0.3, -0.25) is 0 Å². The van der Waals surface area contributed by atoms with Gasteiger partial charge in [0.1, 0.15) is 5.69 Å². The van der Waals surface area contributed by atoms with Crippen LogP contribution < -0.4 is 4.74 Å². The van der Waals surface area contributed by atoms with Crippen LogP contribution in [-0.2, 0) is 16.2 Å². The molecule has 10 heteroatoms. The van der Waals surface area contributed by atoms with Gasteiger partial charge in [0.05, 0.1) is 23.1 Å². The summed E-state index contributed by atoms with van der Waals surface area (Å²) in [5.41, 5.74) is -0.638. The van der Waals surface area contributed by atoms with E-state index in [-0.39, 0.29) is 36.4 Å². The van der Waals surface area contributed by atoms with Gasteiger partial charge in [0.2, 0.25) is 15.9 Å². The van der Waals surface area contributed by atoms with Crippen molar-refractivity contribution in [2.24, 2.45) is 5.92 Å². The number of nitrogens with zero attached hydrogens (tertiary/aromatic N) is 3. The first-order valence-corrected chi connectivity index (χ1v) is 10.3. The lowest BCUT2D eigenvalue weighted by atomic mass is 9.99. The fourth-order valence-electron chi connectivity index (χ4n) is 3.02. The van der Waals surface area contributed by atoms with Crippen LogP contribution in [0.2, 0.25) is 0 Å². The third-order valence-electron chi connectivity index (χ3n) is 4.68. The SMILES string of the molecule is N#Cc1ccc(S(=O)(=O)N2CCC(COc3cccc(C(F)(F)F)n3)CC2)cc1. The lowest BCUT2D eigenvalue weighted by molar-refractivity contribution is -0.141. The van der Waals surface area contributed by atoms with Crippen LogP contribution in [0.15, 0.2) is 47.4 Å². The highest BCUT2D eigenvalue weighted by Gasteiger charge is 2.33. The number of ether oxygens (including phenoxy) is 1. The summed E-state index contributed by atoms with van der Waals surface area (Å²) in [7, 11) is -3.65. The molecule has 154 valence electrons. The smallest absolute Gasteiger partial charge is 0.433 e. The van der Waals surface area contributed by atoms with Crippen molar-refractivity contribution in [1.82, 2.24) is 9.29 Å². The zero-order chi connectivity index (χ0) is 21.1. The van der Waals surface area contributed by atoms with Gasteiger partial charge in [-0.1, -0.05) is 6.07 Å². The van der Waals surface area contributed by atoms with Crippen LogP contribution >= 0.6 is 0 Å². The molecule has 2 aromatic rings. The molecule has 29 heavy (non-hydrogen) atoms. The van der Waals surface area contributed by atoms with E-state index in [0.29, 0.717) is 18.4 Å². The topological polar surface area (TPSA) is 83.3 Å². The minimum atomic E-state index is -4.54. The quantitative estimate of drug-likeness (QED) is 0.733. The largest absolute Gasteiger partial charge is 0.477 e. The summed E-state index contributed by atoms with van der Waals surface area (Å²) in [6, 6.07) is 11.1. The van der Waals surface area contributed by atoms with Crippen LogP contribution in [-0.4, -0.2) is 37.4 Å². The van der Waals surface area contributed by atoms with Crippen LogP contribution in [0.3, 0.4) is 0 Å². The monoisotopic (exact) mass is 425 g/mol. The number of halogens is 3. The second-order valence-corrected chi connectivity index (χ2v) is 8.59. The summed E-state index contributed by atoms with van der Waals surface area (Å²) in [4.78, 5) is 3.58. The fourth-order valence-corrected chi connectivity index (χ4v) is 4.49. The molecule has 0 atom stereocenters. The predicted molar refractivity (Wildman–Crippen MR) is 97.4 cm³/mol. The van der Waals surface area contributed by atoms with Crippen molar-refractivity contribution in [2.75, 3.05) is 19.7 Å². The number of nitriles is 1. The molecular formula is C19H18F3N3O3S. The van der Waals surface area contributed by atoms with E-state index < -0.39 is 21.9 Å². The van der Waals surface area contributed by atoms with Crippen molar-refractivity contribution >= 4 is 10.0 Å². The highest BCUT2D eigenvalue weighted by molar-refractivity contribution is 7.89. The predicted octanol–water partition coefficient (Wildman–Crippen LogP) is 3.45. The van der Waals surface area contributed by atoms with Gasteiger partial charge in [-0.15, -0.1) is 0 Å². The molecule has 0 radical (unpaired) electrons. The minimum Gasteiger partial charge on any atom is -0.477 e. The van der Waals surface area contributed by atoms with E-state index in [0.717, 1.165) is 6.07 Å². The van der Waals surface area contributed by atoms with Crippen LogP contribution in [0.4, 0.5) is 13.2 Å². The second-order valence-electron chi connectivity index (χ2n) is 6.65. The summed E-state index contributed by atoms with van der Waals surface area (Å²) in [6.45, 7) is 0.734. The number of hydrogen-bond acceptors (Lipinski definition) is 5. The molecule has 1 fully saturated rings. The lowest BCUT2D eigenvalue weighted by Crippen LogP contribution is -2.39. The summed E-state index contributed by atoms with van der Waals surface area (Å²) in [5, 5.41) is 8.82. The van der Waals surface area contributed by atoms with Crippen LogP contribution in [0.1, 0.15) is 24.1 Å². The Labute approximate surface area is 166 Å². The number of alkyl halides is 3. The van der Waals surface area contributed by atoms with Crippen molar-refractivity contribution in [3.05, 3.63) is 53.7 Å². The lowest BCUT2D eigenvalue weighted by Gasteiger charge is -2.31. The van der Waals surface area contributed by atoms with Crippen molar-refractivity contribution in [1.29, 1.82) is 5.26 Å². The van der Waals surface area contributed by atoms with E-state index in [1.54, 1.807) is 0 Å². The Morgan fingerprint density at radius 3 is 2.38 bits per heavy atom. The number of sulfonamides is 1. The Kier molecular flexibility index (Phi) is 6.10. The van der Waals surface area contributed by atoms with E-state index in [4.69, 9.17) is 10.00 Å². The van der Waals surface area contributed by atoms with Gasteiger partial charge in [-0.25, -0.2) is 13.4 Å². The number of rotatable bonds is 5. The summed E-state index contributed by atoms with van der Waals surface area (Å²) in [6.07, 6.45) is -3.49. The first-order chi connectivity index (χ1) is 13.7. The van der Waals surface area contributed by atoms with E-state index in [2.05, 4.69) is 4.98 Å². The van der Waals surface area contributed by atoms with Crippen molar-refractivity contribution in [3.63, 3.8) is 0 Å². The molecule has 1 saturated heterocycles. The Bertz CT molecular complexity index is 994. The average molecular weight is 425 g/mol. The summed E-state index contributed by atoms with van der Waals surface area (Å²) < 4.78 is 70.3. The summed E-state index contributed by atoms with van der Waals surface area (Å²) >= 11 is 0. The highest BCUT2D eigenvalue weighted by atomic mass is 32.2. The maximum Gasteiger partial charge on any atom is 0.433 e. The third-order valence-corrected chi connectivity index (χ3v) is 6.59. The Hall–Kier alpha value is -2.64. The van der Waals surface area contributed by atoms with E-state index in [1.165, 1.54) is 40.7 Å². The molecule has 0 amide bonds. The number of piperidine rings is 1. The number of pyridine rings is 1. The Morgan fingerprint density at radius 1 is 1.14 bits per heavy atom. The first-order valence-electron chi connectivity index (χ1n) is 8.87. The van der Waals surface area contributed by atoms with E-state index >= 15 is 0 Å². The second kappa shape index (κ2) is 8.39. The molecule has 6 nitrogen and oxygen atoms in total. The van der Waals surface area contributed by atoms with Crippen molar-refractivity contribution in [2.45, 2.75) is 23.9 Å². The molecule has 0 saturated carbocycles. The van der Waals surface area contributed by atoms with Crippen LogP contribution in [0, 0.1) is 17.2 Å². The highest BCUT2D eigenvalue weighted by Crippen LogP contribution is 2.29. The van der Waals surface area contributed by atoms with E-state index in [1.807, 2.05) is 6.07 Å². The van der Waals surface area contributed by atoms with Crippen LogP contribution in [0.5, 0.6) is 5.88 Å². The van der Waals surface area contributed by atoms with Gasteiger partial charge in [0.15, 0.2) is 0 Å². The van der Waals surface area contributed by atoms with E-state index in [9.17, 15) is 21.6 Å². The molecule has 3 rings (SSSR count). The summed E-state index contributed by atoms with van der Waals surface area (Å²) in [5.74, 6) is -0.0915. The maximum atomic E-state index is 12.7. The molecule has 0 bridgehead atoms. The average Bonchev–Trinajstić information content (AvgIpc) is 2.72. The van der Waals surface area contributed by atoms with Crippen molar-refractivity contribution < 1.29 is 26.3 Å². The standard InChI is InChI=1S/C19H18F3N3O3S/c20-19(21,22)17-2-1-3-18(24-17)28-13-15-8-10-25(11-9-15)29(26,27)16-6-4-14(12-23)5-7-16/h1-7,15H,8-11,13H2. The van der Waals surface area contributed by atoms with Gasteiger partial charge < -0.3 is 4.74 Å². The normalized spacial score (nSPS) is 16.3. The Morgan fingerprint density at radius 2 is 1.79 bits per heavy atom. The van der Waals surface area contributed by atoms with Crippen LogP contribution in [0.25, 0.3) is 0 Å². The van der Waals surface area contributed by atoms with Gasteiger partial charge in [-0.05, 0) is 49.1 Å². The number of hydrogen-bond donors (Lipinski definition) is 0. The molecule has 1 aromatic carbocycles. The van der Waals surface area contributed by atoms with Gasteiger partial charge in [0.25, 0.3) is 0 Å². The number of benzene rings is 1. The molecule has 0 N–H and O–H groups in total. The maximum absolute atomic E-state index is 12.7. The number of aromatic nitrogens is 1. The Balaban J connectivity index is 1.56. The molecular weight excluding hydrogens is 407 g/mol. The molecule has 2 heterocycles.